The molecular weight excluding hydrogens is 220 g/mol. The Balaban J connectivity index is 2.16. The van der Waals surface area contributed by atoms with Crippen molar-refractivity contribution in [1.82, 2.24) is 9.88 Å². The molecule has 1 aliphatic heterocycles. The summed E-state index contributed by atoms with van der Waals surface area (Å²) in [4.78, 5) is 16.2. The molecule has 2 rings (SSSR count). The highest BCUT2D eigenvalue weighted by molar-refractivity contribution is 5.71. The van der Waals surface area contributed by atoms with E-state index in [9.17, 15) is 4.79 Å². The Labute approximate surface area is 99.3 Å². The van der Waals surface area contributed by atoms with Crippen molar-refractivity contribution < 1.29 is 14.6 Å². The number of ether oxygens (including phenoxy) is 1. The van der Waals surface area contributed by atoms with E-state index in [2.05, 4.69) is 4.98 Å². The Hall–Kier alpha value is -2.04. The Morgan fingerprint density at radius 1 is 1.59 bits per heavy atom. The van der Waals surface area contributed by atoms with Gasteiger partial charge < -0.3 is 14.7 Å². The molecule has 1 N–H and O–H groups in total. The van der Waals surface area contributed by atoms with E-state index in [1.807, 2.05) is 18.2 Å². The fourth-order valence-corrected chi connectivity index (χ4v) is 1.83. The average Bonchev–Trinajstić information content (AvgIpc) is 2.39. The summed E-state index contributed by atoms with van der Waals surface area (Å²) in [5.74, 6) is 0.573. The van der Waals surface area contributed by atoms with Crippen LogP contribution in [-0.4, -0.2) is 41.3 Å². The zero-order chi connectivity index (χ0) is 12.3. The zero-order valence-electron chi connectivity index (χ0n) is 9.59. The van der Waals surface area contributed by atoms with Gasteiger partial charge in [0.15, 0.2) is 0 Å². The van der Waals surface area contributed by atoms with Gasteiger partial charge in [-0.1, -0.05) is 6.08 Å². The summed E-state index contributed by atoms with van der Waals surface area (Å²) in [6, 6.07) is 3.77. The third kappa shape index (κ3) is 2.55. The number of carbonyl (C=O) groups is 1. The normalized spacial score (nSPS) is 15.4. The van der Waals surface area contributed by atoms with Crippen LogP contribution in [0.25, 0.3) is 5.57 Å². The predicted octanol–water partition coefficient (Wildman–Crippen LogP) is 1.86. The van der Waals surface area contributed by atoms with E-state index in [0.29, 0.717) is 19.0 Å². The minimum Gasteiger partial charge on any atom is -0.481 e. The molecule has 1 aromatic rings. The van der Waals surface area contributed by atoms with Gasteiger partial charge in [0.25, 0.3) is 0 Å². The van der Waals surface area contributed by atoms with Crippen LogP contribution in [0.15, 0.2) is 24.4 Å². The highest BCUT2D eigenvalue weighted by Gasteiger charge is 2.16. The molecule has 0 spiro atoms. The van der Waals surface area contributed by atoms with Gasteiger partial charge in [-0.15, -0.1) is 0 Å². The summed E-state index contributed by atoms with van der Waals surface area (Å²) in [6.45, 7) is 0.973. The average molecular weight is 234 g/mol. The number of hydrogen-bond acceptors (Lipinski definition) is 3. The number of pyridine rings is 1. The Kier molecular flexibility index (Phi) is 3.27. The van der Waals surface area contributed by atoms with E-state index in [1.54, 1.807) is 13.3 Å². The van der Waals surface area contributed by atoms with Gasteiger partial charge in [0.05, 0.1) is 7.11 Å². The van der Waals surface area contributed by atoms with Crippen molar-refractivity contribution in [3.63, 3.8) is 0 Å². The molecule has 5 nitrogen and oxygen atoms in total. The van der Waals surface area contributed by atoms with Gasteiger partial charge in [0, 0.05) is 25.4 Å². The maximum Gasteiger partial charge on any atom is 0.407 e. The number of carboxylic acid groups (broad SMARTS) is 1. The van der Waals surface area contributed by atoms with Gasteiger partial charge in [-0.25, -0.2) is 9.78 Å². The van der Waals surface area contributed by atoms with Crippen molar-refractivity contribution in [1.29, 1.82) is 0 Å². The van der Waals surface area contributed by atoms with Crippen LogP contribution in [0.4, 0.5) is 4.79 Å². The molecule has 0 bridgehead atoms. The standard InChI is InChI=1S/C12H14N2O3/c1-17-11-8-10(2-5-13-11)9-3-6-14(7-4-9)12(15)16/h2-3,5,8H,4,6-7H2,1H3,(H,15,16). The number of hydrogen-bond donors (Lipinski definition) is 1. The lowest BCUT2D eigenvalue weighted by Crippen LogP contribution is -2.33. The first-order chi connectivity index (χ1) is 8.20. The van der Waals surface area contributed by atoms with Crippen LogP contribution in [0.5, 0.6) is 5.88 Å². The second kappa shape index (κ2) is 4.86. The fraction of sp³-hybridized carbons (Fsp3) is 0.333. The van der Waals surface area contributed by atoms with Crippen LogP contribution < -0.4 is 4.74 Å². The van der Waals surface area contributed by atoms with Crippen LogP contribution in [0.2, 0.25) is 0 Å². The maximum absolute atomic E-state index is 10.8. The topological polar surface area (TPSA) is 62.7 Å². The molecule has 0 fully saturated rings. The summed E-state index contributed by atoms with van der Waals surface area (Å²) in [5, 5.41) is 8.84. The lowest BCUT2D eigenvalue weighted by molar-refractivity contribution is 0.150. The van der Waals surface area contributed by atoms with Crippen LogP contribution in [0.3, 0.4) is 0 Å². The van der Waals surface area contributed by atoms with E-state index in [1.165, 1.54) is 4.90 Å². The molecule has 1 amide bonds. The van der Waals surface area contributed by atoms with E-state index in [-0.39, 0.29) is 0 Å². The quantitative estimate of drug-likeness (QED) is 0.848. The molecule has 17 heavy (non-hydrogen) atoms. The minimum absolute atomic E-state index is 0.440. The van der Waals surface area contributed by atoms with Gasteiger partial charge in [0.1, 0.15) is 0 Å². The lowest BCUT2D eigenvalue weighted by atomic mass is 10.0. The molecule has 90 valence electrons. The molecule has 0 atom stereocenters. The van der Waals surface area contributed by atoms with Crippen LogP contribution in [0.1, 0.15) is 12.0 Å². The van der Waals surface area contributed by atoms with Gasteiger partial charge in [-0.2, -0.15) is 0 Å². The number of aromatic nitrogens is 1. The van der Waals surface area contributed by atoms with Crippen LogP contribution in [0, 0.1) is 0 Å². The molecule has 0 aliphatic carbocycles. The smallest absolute Gasteiger partial charge is 0.407 e. The van der Waals surface area contributed by atoms with Crippen molar-refractivity contribution >= 4 is 11.7 Å². The first-order valence-electron chi connectivity index (χ1n) is 5.38. The molecule has 5 heteroatoms. The molecule has 0 radical (unpaired) electrons. The summed E-state index contributed by atoms with van der Waals surface area (Å²) < 4.78 is 5.06. The number of amides is 1. The van der Waals surface area contributed by atoms with E-state index >= 15 is 0 Å². The maximum atomic E-state index is 10.8. The summed E-state index contributed by atoms with van der Waals surface area (Å²) >= 11 is 0. The minimum atomic E-state index is -0.868. The van der Waals surface area contributed by atoms with E-state index in [0.717, 1.165) is 17.6 Å². The first kappa shape index (κ1) is 11.4. The van der Waals surface area contributed by atoms with Crippen molar-refractivity contribution in [2.45, 2.75) is 6.42 Å². The Bertz CT molecular complexity index is 457. The molecule has 0 unspecified atom stereocenters. The highest BCUT2D eigenvalue weighted by Crippen LogP contribution is 2.24. The molecule has 0 saturated carbocycles. The molecule has 1 aromatic heterocycles. The largest absolute Gasteiger partial charge is 0.481 e. The highest BCUT2D eigenvalue weighted by atomic mass is 16.5. The van der Waals surface area contributed by atoms with Crippen molar-refractivity contribution in [3.05, 3.63) is 30.0 Å². The van der Waals surface area contributed by atoms with Crippen molar-refractivity contribution in [2.24, 2.45) is 0 Å². The van der Waals surface area contributed by atoms with E-state index in [4.69, 9.17) is 9.84 Å². The molecule has 0 saturated heterocycles. The molecular formula is C12H14N2O3. The van der Waals surface area contributed by atoms with E-state index < -0.39 is 6.09 Å². The third-order valence-corrected chi connectivity index (χ3v) is 2.79. The fourth-order valence-electron chi connectivity index (χ4n) is 1.83. The van der Waals surface area contributed by atoms with Gasteiger partial charge in [-0.05, 0) is 23.6 Å². The van der Waals surface area contributed by atoms with Crippen molar-refractivity contribution in [2.75, 3.05) is 20.2 Å². The van der Waals surface area contributed by atoms with Gasteiger partial charge >= 0.3 is 6.09 Å². The second-order valence-corrected chi connectivity index (χ2v) is 3.79. The monoisotopic (exact) mass is 234 g/mol. The Morgan fingerprint density at radius 3 is 3.00 bits per heavy atom. The molecule has 0 aromatic carbocycles. The summed E-state index contributed by atoms with van der Waals surface area (Å²) in [7, 11) is 1.58. The van der Waals surface area contributed by atoms with Gasteiger partial charge in [-0.3, -0.25) is 0 Å². The van der Waals surface area contributed by atoms with Gasteiger partial charge in [0.2, 0.25) is 5.88 Å². The second-order valence-electron chi connectivity index (χ2n) is 3.79. The summed E-state index contributed by atoms with van der Waals surface area (Å²) in [6.07, 6.45) is 3.48. The van der Waals surface area contributed by atoms with Crippen LogP contribution in [-0.2, 0) is 0 Å². The first-order valence-corrected chi connectivity index (χ1v) is 5.38. The van der Waals surface area contributed by atoms with Crippen LogP contribution >= 0.6 is 0 Å². The molecule has 2 heterocycles. The summed E-state index contributed by atoms with van der Waals surface area (Å²) in [5.41, 5.74) is 2.19. The molecule has 1 aliphatic rings. The SMILES string of the molecule is COc1cc(C2=CCN(C(=O)O)CC2)ccn1. The lowest BCUT2D eigenvalue weighted by Gasteiger charge is -2.23. The van der Waals surface area contributed by atoms with Crippen molar-refractivity contribution in [3.8, 4) is 5.88 Å². The number of nitrogens with zero attached hydrogens (tertiary/aromatic N) is 2. The predicted molar refractivity (Wildman–Crippen MR) is 63.0 cm³/mol. The third-order valence-electron chi connectivity index (χ3n) is 2.79. The Morgan fingerprint density at radius 2 is 2.41 bits per heavy atom. The number of rotatable bonds is 2. The number of methoxy groups -OCH3 is 1. The zero-order valence-corrected chi connectivity index (χ0v) is 9.59.